The van der Waals surface area contributed by atoms with Crippen molar-refractivity contribution in [3.05, 3.63) is 105 Å². The summed E-state index contributed by atoms with van der Waals surface area (Å²) in [7, 11) is -2.73. The second kappa shape index (κ2) is 12.1. The number of rotatable bonds is 9. The average Bonchev–Trinajstić information content (AvgIpc) is 3.20. The monoisotopic (exact) mass is 628 g/mol. The quantitative estimate of drug-likeness (QED) is 0.185. The summed E-state index contributed by atoms with van der Waals surface area (Å²) < 4.78 is 36.5. The molecule has 39 heavy (non-hydrogen) atoms. The van der Waals surface area contributed by atoms with E-state index in [-0.39, 0.29) is 16.3 Å². The highest BCUT2D eigenvalue weighted by molar-refractivity contribution is 9.10. The van der Waals surface area contributed by atoms with E-state index in [4.69, 9.17) is 16.3 Å². The van der Waals surface area contributed by atoms with Crippen LogP contribution in [0.1, 0.15) is 17.0 Å². The van der Waals surface area contributed by atoms with Crippen molar-refractivity contribution in [3.63, 3.8) is 0 Å². The molecule has 0 saturated heterocycles. The smallest absolute Gasteiger partial charge is 0.264 e. The van der Waals surface area contributed by atoms with Crippen LogP contribution in [-0.4, -0.2) is 38.8 Å². The molecule has 0 aliphatic carbocycles. The van der Waals surface area contributed by atoms with E-state index >= 15 is 0 Å². The number of hydrazone groups is 1. The molecule has 11 heteroatoms. The van der Waals surface area contributed by atoms with E-state index in [0.717, 1.165) is 31.4 Å². The van der Waals surface area contributed by atoms with Gasteiger partial charge in [-0.05, 0) is 68.4 Å². The summed E-state index contributed by atoms with van der Waals surface area (Å²) in [6, 6.07) is 22.3. The van der Waals surface area contributed by atoms with E-state index in [2.05, 4.69) is 31.0 Å². The van der Waals surface area contributed by atoms with Crippen LogP contribution in [0.25, 0.3) is 5.69 Å². The number of benzene rings is 3. The number of anilines is 1. The fraction of sp³-hybridized carbons (Fsp3) is 0.143. The van der Waals surface area contributed by atoms with Crippen LogP contribution >= 0.6 is 27.5 Å². The van der Waals surface area contributed by atoms with Crippen molar-refractivity contribution in [2.24, 2.45) is 5.10 Å². The number of carbonyl (C=O) groups excluding carboxylic acids is 1. The molecule has 3 aromatic carbocycles. The summed E-state index contributed by atoms with van der Waals surface area (Å²) >= 11 is 9.68. The van der Waals surface area contributed by atoms with Gasteiger partial charge in [0.1, 0.15) is 12.3 Å². The third-order valence-electron chi connectivity index (χ3n) is 5.96. The first-order chi connectivity index (χ1) is 18.6. The van der Waals surface area contributed by atoms with E-state index in [1.165, 1.54) is 31.5 Å². The number of halogens is 2. The van der Waals surface area contributed by atoms with Crippen LogP contribution < -0.4 is 14.5 Å². The van der Waals surface area contributed by atoms with E-state index < -0.39 is 22.5 Å². The average molecular weight is 630 g/mol. The third kappa shape index (κ3) is 6.35. The number of carbonyl (C=O) groups is 1. The Morgan fingerprint density at radius 2 is 1.82 bits per heavy atom. The molecule has 0 atom stereocenters. The van der Waals surface area contributed by atoms with Gasteiger partial charge < -0.3 is 9.30 Å². The van der Waals surface area contributed by atoms with Gasteiger partial charge in [-0.15, -0.1) is 0 Å². The van der Waals surface area contributed by atoms with Crippen LogP contribution in [0.4, 0.5) is 5.69 Å². The Bertz CT molecular complexity index is 1640. The molecule has 202 valence electrons. The second-order valence-corrected chi connectivity index (χ2v) is 11.8. The van der Waals surface area contributed by atoms with Crippen molar-refractivity contribution in [1.29, 1.82) is 0 Å². The first kappa shape index (κ1) is 28.4. The number of aromatic nitrogens is 1. The predicted octanol–water partition coefficient (Wildman–Crippen LogP) is 5.86. The molecule has 4 rings (SSSR count). The Hall–Kier alpha value is -3.60. The molecule has 0 fully saturated rings. The Balaban J connectivity index is 1.60. The number of nitrogens with zero attached hydrogens (tertiary/aromatic N) is 3. The van der Waals surface area contributed by atoms with Crippen molar-refractivity contribution >= 4 is 55.4 Å². The molecule has 0 aliphatic rings. The van der Waals surface area contributed by atoms with Crippen LogP contribution in [0, 0.1) is 13.8 Å². The number of nitrogens with one attached hydrogen (secondary N) is 1. The predicted molar refractivity (Wildman–Crippen MR) is 158 cm³/mol. The van der Waals surface area contributed by atoms with E-state index in [1.54, 1.807) is 30.3 Å². The molecule has 0 radical (unpaired) electrons. The zero-order valence-electron chi connectivity index (χ0n) is 21.4. The number of hydrogen-bond acceptors (Lipinski definition) is 5. The molecule has 1 heterocycles. The first-order valence-electron chi connectivity index (χ1n) is 11.8. The molecule has 0 aliphatic heterocycles. The van der Waals surface area contributed by atoms with Crippen molar-refractivity contribution in [3.8, 4) is 11.4 Å². The summed E-state index contributed by atoms with van der Waals surface area (Å²) in [5.41, 5.74) is 6.29. The normalized spacial score (nSPS) is 11.5. The molecule has 0 bridgehead atoms. The van der Waals surface area contributed by atoms with Gasteiger partial charge >= 0.3 is 0 Å². The minimum Gasteiger partial charge on any atom is -0.495 e. The van der Waals surface area contributed by atoms with Gasteiger partial charge in [0.05, 0.1) is 23.9 Å². The lowest BCUT2D eigenvalue weighted by molar-refractivity contribution is -0.119. The van der Waals surface area contributed by atoms with Crippen LogP contribution in [0.2, 0.25) is 5.02 Å². The zero-order valence-corrected chi connectivity index (χ0v) is 24.6. The number of methoxy groups -OCH3 is 1. The Kier molecular flexibility index (Phi) is 8.79. The maximum atomic E-state index is 13.6. The van der Waals surface area contributed by atoms with Gasteiger partial charge in [0.15, 0.2) is 0 Å². The number of amides is 1. The third-order valence-corrected chi connectivity index (χ3v) is 8.46. The summed E-state index contributed by atoms with van der Waals surface area (Å²) in [4.78, 5) is 13.0. The van der Waals surface area contributed by atoms with Gasteiger partial charge in [-0.1, -0.05) is 51.8 Å². The highest BCUT2D eigenvalue weighted by Gasteiger charge is 2.29. The van der Waals surface area contributed by atoms with Gasteiger partial charge in [0, 0.05) is 32.1 Å². The van der Waals surface area contributed by atoms with Crippen LogP contribution in [-0.2, 0) is 14.8 Å². The molecule has 0 unspecified atom stereocenters. The Morgan fingerprint density at radius 1 is 1.08 bits per heavy atom. The lowest BCUT2D eigenvalue weighted by Gasteiger charge is -2.25. The molecular formula is C28H26BrClN4O4S. The lowest BCUT2D eigenvalue weighted by Crippen LogP contribution is -2.39. The van der Waals surface area contributed by atoms with Gasteiger partial charge in [-0.2, -0.15) is 5.10 Å². The fourth-order valence-corrected chi connectivity index (χ4v) is 6.15. The van der Waals surface area contributed by atoms with Crippen molar-refractivity contribution < 1.29 is 17.9 Å². The van der Waals surface area contributed by atoms with Crippen molar-refractivity contribution in [1.82, 2.24) is 9.99 Å². The van der Waals surface area contributed by atoms with Crippen molar-refractivity contribution in [2.45, 2.75) is 18.7 Å². The molecule has 8 nitrogen and oxygen atoms in total. The van der Waals surface area contributed by atoms with Gasteiger partial charge in [0.2, 0.25) is 0 Å². The van der Waals surface area contributed by atoms with Gasteiger partial charge in [-0.3, -0.25) is 9.10 Å². The first-order valence-corrected chi connectivity index (χ1v) is 14.4. The van der Waals surface area contributed by atoms with Gasteiger partial charge in [0.25, 0.3) is 15.9 Å². The van der Waals surface area contributed by atoms with Crippen LogP contribution in [0.5, 0.6) is 5.75 Å². The van der Waals surface area contributed by atoms with Crippen LogP contribution in [0.15, 0.2) is 93.3 Å². The highest BCUT2D eigenvalue weighted by Crippen LogP contribution is 2.34. The van der Waals surface area contributed by atoms with E-state index in [1.807, 2.05) is 44.2 Å². The fourth-order valence-electron chi connectivity index (χ4n) is 4.15. The lowest BCUT2D eigenvalue weighted by atomic mass is 10.2. The molecule has 0 spiro atoms. The summed E-state index contributed by atoms with van der Waals surface area (Å²) in [6.45, 7) is 3.38. The summed E-state index contributed by atoms with van der Waals surface area (Å²) in [6.07, 6.45) is 1.53. The summed E-state index contributed by atoms with van der Waals surface area (Å²) in [5, 5.41) is 4.39. The van der Waals surface area contributed by atoms with Gasteiger partial charge in [-0.25, -0.2) is 13.8 Å². The Labute approximate surface area is 241 Å². The molecular weight excluding hydrogens is 604 g/mol. The maximum Gasteiger partial charge on any atom is 0.264 e. The number of sulfonamides is 1. The molecule has 4 aromatic rings. The minimum absolute atomic E-state index is 0.0170. The van der Waals surface area contributed by atoms with E-state index in [0.29, 0.717) is 5.02 Å². The van der Waals surface area contributed by atoms with E-state index in [9.17, 15) is 13.2 Å². The second-order valence-electron chi connectivity index (χ2n) is 8.58. The topological polar surface area (TPSA) is 93.0 Å². The number of hydrogen-bond donors (Lipinski definition) is 1. The molecule has 1 aromatic heterocycles. The van der Waals surface area contributed by atoms with Crippen molar-refractivity contribution in [2.75, 3.05) is 18.0 Å². The number of aryl methyl sites for hydroxylation is 1. The summed E-state index contributed by atoms with van der Waals surface area (Å²) in [5.74, 6) is -0.399. The largest absolute Gasteiger partial charge is 0.495 e. The molecule has 1 N–H and O–H groups in total. The SMILES string of the molecule is COc1ccc(Cl)cc1N(CC(=O)N/N=C\c1cc(C)n(-c2cccc(Br)c2)c1C)S(=O)(=O)c1ccccc1. The molecule has 1 amide bonds. The maximum absolute atomic E-state index is 13.6. The minimum atomic E-state index is -4.14. The highest BCUT2D eigenvalue weighted by atomic mass is 79.9. The number of ether oxygens (including phenoxy) is 1. The van der Waals surface area contributed by atoms with Crippen LogP contribution in [0.3, 0.4) is 0 Å². The molecule has 0 saturated carbocycles. The zero-order chi connectivity index (χ0) is 28.2. The standard InChI is InChI=1S/C28H26BrClN4O4S/c1-19-14-21(20(2)34(19)24-9-7-8-22(29)15-24)17-31-32-28(35)18-33(26-16-23(30)12-13-27(26)38-3)39(36,37)25-10-5-4-6-11-25/h4-17H,18H2,1-3H3,(H,32,35)/b31-17-. The Morgan fingerprint density at radius 3 is 2.51 bits per heavy atom.